The average molecular weight is 116 g/mol. The lowest BCUT2D eigenvalue weighted by Crippen LogP contribution is -2.80. The first-order chi connectivity index (χ1) is 3.81. The van der Waals surface area contributed by atoms with E-state index in [-0.39, 0.29) is 5.88 Å². The smallest absolute Gasteiger partial charge is 0.318 e. The van der Waals surface area contributed by atoms with Crippen LogP contribution in [0.5, 0.6) is 0 Å². The van der Waals surface area contributed by atoms with Crippen molar-refractivity contribution in [3.8, 4) is 0 Å². The lowest BCUT2D eigenvalue weighted by atomic mass is 10.6. The number of nitrogens with two attached hydrogens (primary N) is 1. The summed E-state index contributed by atoms with van der Waals surface area (Å²) in [5.41, 5.74) is 1.22. The van der Waals surface area contributed by atoms with Gasteiger partial charge in [0.15, 0.2) is 0 Å². The number of hydrogen-bond donors (Lipinski definition) is 2. The molecule has 0 aliphatic carbocycles. The van der Waals surface area contributed by atoms with Crippen LogP contribution in [0.1, 0.15) is 0 Å². The third kappa shape index (κ3) is 3.39. The summed E-state index contributed by atoms with van der Waals surface area (Å²) in [5, 5.41) is 8.66. The number of aliphatic hydroxyl groups is 1. The van der Waals surface area contributed by atoms with Crippen LogP contribution >= 0.6 is 0 Å². The summed E-state index contributed by atoms with van der Waals surface area (Å²) in [7, 11) is 1.47. The van der Waals surface area contributed by atoms with Gasteiger partial charge in [0.2, 0.25) is 0 Å². The Morgan fingerprint density at radius 3 is 2.88 bits per heavy atom. The molecule has 0 aromatic heterocycles. The van der Waals surface area contributed by atoms with Gasteiger partial charge in [0.1, 0.15) is 0 Å². The second kappa shape index (κ2) is 4.36. The van der Waals surface area contributed by atoms with E-state index in [4.69, 9.17) is 5.11 Å². The molecule has 3 N–H and O–H groups in total. The van der Waals surface area contributed by atoms with Crippen molar-refractivity contribution in [2.45, 2.75) is 0 Å². The molecule has 0 saturated heterocycles. The van der Waals surface area contributed by atoms with Crippen LogP contribution in [0.3, 0.4) is 0 Å². The van der Waals surface area contributed by atoms with Crippen molar-refractivity contribution in [3.63, 3.8) is 0 Å². The fraction of sp³-hybridized carbons (Fsp3) is 0.200. The van der Waals surface area contributed by atoms with Crippen LogP contribution in [0.15, 0.2) is 24.6 Å². The van der Waals surface area contributed by atoms with Gasteiger partial charge in [-0.2, -0.15) is 0 Å². The molecule has 0 fully saturated rings. The molecule has 0 unspecified atom stereocenters. The highest BCUT2D eigenvalue weighted by Gasteiger charge is 1.88. The number of hydroxylamine groups is 1. The zero-order chi connectivity index (χ0) is 6.41. The maximum Gasteiger partial charge on any atom is 0.318 e. The van der Waals surface area contributed by atoms with Crippen molar-refractivity contribution in [1.82, 2.24) is 0 Å². The molecule has 46 valence electrons. The molecule has 8 heavy (non-hydrogen) atoms. The summed E-state index contributed by atoms with van der Waals surface area (Å²) >= 11 is 0. The van der Waals surface area contributed by atoms with Crippen LogP contribution in [0, 0.1) is 0 Å². The Hall–Kier alpha value is -0.800. The molecule has 3 nitrogen and oxygen atoms in total. The highest BCUT2D eigenvalue weighted by Crippen LogP contribution is 1.70. The maximum atomic E-state index is 8.66. The van der Waals surface area contributed by atoms with E-state index in [2.05, 4.69) is 11.4 Å². The second-order valence-electron chi connectivity index (χ2n) is 1.18. The quantitative estimate of drug-likeness (QED) is 0.302. The summed E-state index contributed by atoms with van der Waals surface area (Å²) in [4.78, 5) is 4.47. The highest BCUT2D eigenvalue weighted by molar-refractivity contribution is 4.95. The molecule has 0 radical (unpaired) electrons. The third-order valence-electron chi connectivity index (χ3n) is 0.527. The second-order valence-corrected chi connectivity index (χ2v) is 1.18. The molecular weight excluding hydrogens is 106 g/mol. The molecule has 0 saturated carbocycles. The van der Waals surface area contributed by atoms with E-state index >= 15 is 0 Å². The summed E-state index contributed by atoms with van der Waals surface area (Å²) < 4.78 is 0. The molecule has 0 rings (SSSR count). The van der Waals surface area contributed by atoms with Gasteiger partial charge in [-0.25, -0.2) is 4.84 Å². The Morgan fingerprint density at radius 2 is 2.50 bits per heavy atom. The predicted octanol–water partition coefficient (Wildman–Crippen LogP) is -0.303. The van der Waals surface area contributed by atoms with E-state index in [0.29, 0.717) is 0 Å². The van der Waals surface area contributed by atoms with Crippen LogP contribution in [-0.4, -0.2) is 12.2 Å². The van der Waals surface area contributed by atoms with Gasteiger partial charge in [-0.1, -0.05) is 12.7 Å². The predicted molar refractivity (Wildman–Crippen MR) is 29.8 cm³/mol. The van der Waals surface area contributed by atoms with Gasteiger partial charge in [-0.15, -0.1) is 5.48 Å². The van der Waals surface area contributed by atoms with E-state index in [0.717, 1.165) is 0 Å². The van der Waals surface area contributed by atoms with Gasteiger partial charge in [-0.05, 0) is 0 Å². The molecule has 0 spiro atoms. The number of hydrogen-bond acceptors (Lipinski definition) is 2. The van der Waals surface area contributed by atoms with Gasteiger partial charge >= 0.3 is 5.88 Å². The lowest BCUT2D eigenvalue weighted by molar-refractivity contribution is -0.868. The first-order valence-corrected chi connectivity index (χ1v) is 2.19. The normalized spacial score (nSPS) is 11.4. The van der Waals surface area contributed by atoms with Crippen molar-refractivity contribution in [3.05, 3.63) is 24.6 Å². The minimum absolute atomic E-state index is 0.0718. The summed E-state index contributed by atoms with van der Waals surface area (Å²) in [6, 6.07) is 0. The summed E-state index contributed by atoms with van der Waals surface area (Å²) in [5.74, 6) is 0.0718. The van der Waals surface area contributed by atoms with Crippen molar-refractivity contribution < 1.29 is 15.4 Å². The van der Waals surface area contributed by atoms with Crippen LogP contribution in [0.2, 0.25) is 0 Å². The molecular formula is C5H10NO2+. The van der Waals surface area contributed by atoms with E-state index < -0.39 is 0 Å². The van der Waals surface area contributed by atoms with Crippen LogP contribution in [-0.2, 0) is 4.84 Å². The molecule has 0 aliphatic heterocycles. The van der Waals surface area contributed by atoms with E-state index in [9.17, 15) is 0 Å². The molecule has 0 bridgehead atoms. The first kappa shape index (κ1) is 7.20. The Balaban J connectivity index is 3.44. The third-order valence-corrected chi connectivity index (χ3v) is 0.527. The zero-order valence-corrected chi connectivity index (χ0v) is 4.79. The topological polar surface area (TPSA) is 46.1 Å². The van der Waals surface area contributed by atoms with Crippen LogP contribution in [0.25, 0.3) is 0 Å². The Morgan fingerprint density at radius 1 is 1.88 bits per heavy atom. The van der Waals surface area contributed by atoms with Crippen molar-refractivity contribution >= 4 is 0 Å². The van der Waals surface area contributed by atoms with Crippen molar-refractivity contribution in [2.24, 2.45) is 0 Å². The zero-order valence-electron chi connectivity index (χ0n) is 4.79. The van der Waals surface area contributed by atoms with Crippen molar-refractivity contribution in [2.75, 3.05) is 7.11 Å². The Kier molecular flexibility index (Phi) is 3.93. The minimum atomic E-state index is 0.0718. The fourth-order valence-corrected chi connectivity index (χ4v) is 0.281. The molecule has 0 aromatic rings. The van der Waals surface area contributed by atoms with Gasteiger partial charge in [-0.3, -0.25) is 0 Å². The Labute approximate surface area is 48.2 Å². The molecule has 0 aromatic carbocycles. The summed E-state index contributed by atoms with van der Waals surface area (Å²) in [6.07, 6.45) is 2.91. The van der Waals surface area contributed by atoms with Crippen LogP contribution in [0.4, 0.5) is 0 Å². The van der Waals surface area contributed by atoms with Gasteiger partial charge < -0.3 is 5.11 Å². The first-order valence-electron chi connectivity index (χ1n) is 2.19. The Bertz CT molecular complexity index is 98.6. The molecule has 0 heterocycles. The minimum Gasteiger partial charge on any atom is -0.465 e. The van der Waals surface area contributed by atoms with E-state index in [1.54, 1.807) is 0 Å². The molecule has 0 atom stereocenters. The maximum absolute atomic E-state index is 8.66. The van der Waals surface area contributed by atoms with Gasteiger partial charge in [0.25, 0.3) is 0 Å². The van der Waals surface area contributed by atoms with Gasteiger partial charge in [0, 0.05) is 6.08 Å². The number of rotatable bonds is 3. The fourth-order valence-electron chi connectivity index (χ4n) is 0.281. The number of aliphatic hydroxyl groups excluding tert-OH is 1. The standard InChI is InChI=1S/C5H9NO2/c1-3-4-5(7)6-8-2/h3-4,6-7H,1H2,2H3/p+1/b5-4+. The molecule has 0 aliphatic rings. The van der Waals surface area contributed by atoms with E-state index in [1.807, 2.05) is 0 Å². The number of quaternary nitrogens is 1. The molecule has 3 heteroatoms. The monoisotopic (exact) mass is 116 g/mol. The SMILES string of the molecule is C=C/C=C(/O)[NH2+]OC. The average Bonchev–Trinajstić information content (AvgIpc) is 1.68. The largest absolute Gasteiger partial charge is 0.465 e. The van der Waals surface area contributed by atoms with Crippen molar-refractivity contribution in [1.29, 1.82) is 0 Å². The lowest BCUT2D eigenvalue weighted by Gasteiger charge is -1.89. The van der Waals surface area contributed by atoms with Gasteiger partial charge in [0.05, 0.1) is 7.11 Å². The molecule has 0 amide bonds. The van der Waals surface area contributed by atoms with E-state index in [1.165, 1.54) is 24.7 Å². The number of allylic oxidation sites excluding steroid dienone is 2. The van der Waals surface area contributed by atoms with Crippen LogP contribution < -0.4 is 5.48 Å². The summed E-state index contributed by atoms with van der Waals surface area (Å²) in [6.45, 7) is 3.37. The highest BCUT2D eigenvalue weighted by atomic mass is 16.6.